The van der Waals surface area contributed by atoms with E-state index in [1.807, 2.05) is 0 Å². The molecular formula is C22H25Cl2NO9S. The van der Waals surface area contributed by atoms with Gasteiger partial charge in [-0.3, -0.25) is 19.2 Å². The average molecular weight is 550 g/mol. The van der Waals surface area contributed by atoms with Gasteiger partial charge in [-0.05, 0) is 12.1 Å². The molecule has 0 aliphatic carbocycles. The Labute approximate surface area is 216 Å². The van der Waals surface area contributed by atoms with Crippen LogP contribution in [0.5, 0.6) is 0 Å². The maximum absolute atomic E-state index is 12.9. The van der Waals surface area contributed by atoms with E-state index in [1.54, 1.807) is 18.2 Å². The van der Waals surface area contributed by atoms with Crippen molar-refractivity contribution in [1.82, 2.24) is 4.90 Å². The third kappa shape index (κ3) is 6.39. The Kier molecular flexibility index (Phi) is 9.28. The number of hydrogen-bond donors (Lipinski definition) is 0. The zero-order valence-corrected chi connectivity index (χ0v) is 21.7. The van der Waals surface area contributed by atoms with Crippen molar-refractivity contribution in [3.8, 4) is 0 Å². The van der Waals surface area contributed by atoms with E-state index in [2.05, 4.69) is 0 Å². The summed E-state index contributed by atoms with van der Waals surface area (Å²) < 4.78 is 27.5. The second kappa shape index (κ2) is 11.8. The highest BCUT2D eigenvalue weighted by Crippen LogP contribution is 2.45. The molecule has 0 aromatic heterocycles. The highest BCUT2D eigenvalue weighted by molar-refractivity contribution is 8.00. The second-order valence-corrected chi connectivity index (χ2v) is 9.73. The van der Waals surface area contributed by atoms with Gasteiger partial charge in [0.1, 0.15) is 11.5 Å². The van der Waals surface area contributed by atoms with Crippen LogP contribution in [0.1, 0.15) is 31.7 Å². The Morgan fingerprint density at radius 3 is 2.09 bits per heavy atom. The monoisotopic (exact) mass is 549 g/mol. The largest absolute Gasteiger partial charge is 0.456 e. The predicted molar refractivity (Wildman–Crippen MR) is 126 cm³/mol. The fourth-order valence-corrected chi connectivity index (χ4v) is 6.03. The Morgan fingerprint density at radius 2 is 1.54 bits per heavy atom. The van der Waals surface area contributed by atoms with E-state index < -0.39 is 54.0 Å². The van der Waals surface area contributed by atoms with Crippen LogP contribution in [0.2, 0.25) is 10.0 Å². The van der Waals surface area contributed by atoms with E-state index in [0.717, 1.165) is 6.92 Å². The third-order valence-corrected chi connectivity index (χ3v) is 7.20. The first-order valence-electron chi connectivity index (χ1n) is 10.6. The van der Waals surface area contributed by atoms with Gasteiger partial charge in [-0.15, -0.1) is 11.8 Å². The molecule has 1 aromatic rings. The molecule has 0 spiro atoms. The first-order chi connectivity index (χ1) is 16.5. The topological polar surface area (TPSA) is 118 Å². The lowest BCUT2D eigenvalue weighted by Crippen LogP contribution is -2.63. The number of benzene rings is 1. The van der Waals surface area contributed by atoms with Crippen LogP contribution in [0.3, 0.4) is 0 Å². The summed E-state index contributed by atoms with van der Waals surface area (Å²) >= 11 is 14.1. The van der Waals surface area contributed by atoms with Gasteiger partial charge in [-0.2, -0.15) is 0 Å². The number of hydrogen-bond acceptors (Lipinski definition) is 10. The molecule has 2 fully saturated rings. The van der Waals surface area contributed by atoms with Gasteiger partial charge in [-0.1, -0.05) is 29.3 Å². The summed E-state index contributed by atoms with van der Waals surface area (Å²) in [4.78, 5) is 50.0. The molecule has 6 atom stereocenters. The molecular weight excluding hydrogens is 525 g/mol. The summed E-state index contributed by atoms with van der Waals surface area (Å²) in [6.45, 7) is 3.43. The number of carbonyl (C=O) groups is 4. The summed E-state index contributed by atoms with van der Waals surface area (Å²) in [6.07, 6.45) is -5.87. The van der Waals surface area contributed by atoms with Gasteiger partial charge in [0.15, 0.2) is 24.6 Å². The SMILES string of the molecule is CO[C@H]1O[C@H](CN2C(=O)CS[C@H]2c2c(Cl)cccc2Cl)[C@@H](OC(C)=O)[C@H](OC(C)=O)[C@H]1OC(C)=O. The molecule has 192 valence electrons. The van der Waals surface area contributed by atoms with E-state index in [-0.39, 0.29) is 18.2 Å². The molecule has 1 aromatic carbocycles. The van der Waals surface area contributed by atoms with Gasteiger partial charge < -0.3 is 28.6 Å². The molecule has 1 amide bonds. The fraction of sp³-hybridized carbons (Fsp3) is 0.545. The number of methoxy groups -OCH3 is 1. The minimum absolute atomic E-state index is 0.0829. The van der Waals surface area contributed by atoms with E-state index in [4.69, 9.17) is 46.9 Å². The van der Waals surface area contributed by atoms with Gasteiger partial charge in [0.05, 0.1) is 12.3 Å². The molecule has 3 rings (SSSR count). The molecule has 13 heteroatoms. The van der Waals surface area contributed by atoms with E-state index in [9.17, 15) is 19.2 Å². The molecule has 0 bridgehead atoms. The lowest BCUT2D eigenvalue weighted by Gasteiger charge is -2.45. The van der Waals surface area contributed by atoms with Crippen LogP contribution in [0.4, 0.5) is 0 Å². The second-order valence-electron chi connectivity index (χ2n) is 7.85. The number of rotatable bonds is 7. The van der Waals surface area contributed by atoms with Crippen molar-refractivity contribution in [1.29, 1.82) is 0 Å². The quantitative estimate of drug-likeness (QED) is 0.371. The molecule has 0 unspecified atom stereocenters. The maximum Gasteiger partial charge on any atom is 0.303 e. The Hall–Kier alpha value is -2.05. The lowest BCUT2D eigenvalue weighted by atomic mass is 9.97. The molecule has 2 aliphatic heterocycles. The molecule has 35 heavy (non-hydrogen) atoms. The van der Waals surface area contributed by atoms with Crippen molar-refractivity contribution in [3.63, 3.8) is 0 Å². The Bertz CT molecular complexity index is 973. The molecule has 10 nitrogen and oxygen atoms in total. The normalized spacial score (nSPS) is 28.5. The van der Waals surface area contributed by atoms with Crippen molar-refractivity contribution >= 4 is 58.8 Å². The molecule has 2 saturated heterocycles. The lowest BCUT2D eigenvalue weighted by molar-refractivity contribution is -0.299. The Balaban J connectivity index is 1.98. The molecule has 2 heterocycles. The van der Waals surface area contributed by atoms with E-state index in [1.165, 1.54) is 37.6 Å². The molecule has 0 saturated carbocycles. The van der Waals surface area contributed by atoms with Crippen LogP contribution in [-0.2, 0) is 42.9 Å². The Morgan fingerprint density at radius 1 is 1.00 bits per heavy atom. The van der Waals surface area contributed by atoms with Crippen LogP contribution >= 0.6 is 35.0 Å². The summed E-state index contributed by atoms with van der Waals surface area (Å²) in [7, 11) is 1.32. The van der Waals surface area contributed by atoms with Crippen LogP contribution in [0.25, 0.3) is 0 Å². The zero-order valence-electron chi connectivity index (χ0n) is 19.4. The van der Waals surface area contributed by atoms with Crippen LogP contribution in [0, 0.1) is 0 Å². The van der Waals surface area contributed by atoms with Gasteiger partial charge in [0, 0.05) is 43.5 Å². The summed E-state index contributed by atoms with van der Waals surface area (Å²) in [5.74, 6) is -2.13. The van der Waals surface area contributed by atoms with Crippen LogP contribution in [-0.4, -0.2) is 78.8 Å². The summed E-state index contributed by atoms with van der Waals surface area (Å²) in [5.41, 5.74) is 0.559. The van der Waals surface area contributed by atoms with Gasteiger partial charge in [-0.25, -0.2) is 0 Å². The highest BCUT2D eigenvalue weighted by atomic mass is 35.5. The first kappa shape index (κ1) is 27.5. The summed E-state index contributed by atoms with van der Waals surface area (Å²) in [5, 5.41) is 0.237. The number of ether oxygens (including phenoxy) is 5. The number of amides is 1. The number of thioether (sulfide) groups is 1. The first-order valence-corrected chi connectivity index (χ1v) is 12.4. The summed E-state index contributed by atoms with van der Waals surface area (Å²) in [6, 6.07) is 5.04. The zero-order chi connectivity index (χ0) is 25.9. The highest BCUT2D eigenvalue weighted by Gasteiger charge is 2.53. The number of nitrogens with zero attached hydrogens (tertiary/aromatic N) is 1. The van der Waals surface area contributed by atoms with Gasteiger partial charge in [0.2, 0.25) is 5.91 Å². The third-order valence-electron chi connectivity index (χ3n) is 5.32. The van der Waals surface area contributed by atoms with E-state index >= 15 is 0 Å². The van der Waals surface area contributed by atoms with Crippen LogP contribution < -0.4 is 0 Å². The standard InChI is InChI=1S/C22H25Cl2NO9S/c1-10(26)31-18-15(34-22(30-4)20(33-12(3)28)19(18)32-11(2)27)8-25-16(29)9-35-21(25)17-13(23)6-5-7-14(17)24/h5-7,15,18-22H,8-9H2,1-4H3/t15-,18-,19+,20-,21+,22+/m1/s1. The minimum Gasteiger partial charge on any atom is -0.456 e. The molecule has 0 N–H and O–H groups in total. The maximum atomic E-state index is 12.9. The van der Waals surface area contributed by atoms with Crippen molar-refractivity contribution in [2.24, 2.45) is 0 Å². The predicted octanol–water partition coefficient (Wildman–Crippen LogP) is 2.73. The van der Waals surface area contributed by atoms with Gasteiger partial charge >= 0.3 is 17.9 Å². The number of halogens is 2. The smallest absolute Gasteiger partial charge is 0.303 e. The van der Waals surface area contributed by atoms with Crippen molar-refractivity contribution in [2.45, 2.75) is 56.9 Å². The van der Waals surface area contributed by atoms with Crippen molar-refractivity contribution in [2.75, 3.05) is 19.4 Å². The number of esters is 3. The van der Waals surface area contributed by atoms with Crippen LogP contribution in [0.15, 0.2) is 18.2 Å². The molecule has 0 radical (unpaired) electrons. The average Bonchev–Trinajstić information content (AvgIpc) is 3.11. The van der Waals surface area contributed by atoms with Gasteiger partial charge in [0.25, 0.3) is 0 Å². The minimum atomic E-state index is -1.25. The fourth-order valence-electron chi connectivity index (χ4n) is 4.02. The molecule has 2 aliphatic rings. The van der Waals surface area contributed by atoms with E-state index in [0.29, 0.717) is 15.6 Å². The number of carbonyl (C=O) groups excluding carboxylic acids is 4. The van der Waals surface area contributed by atoms with Crippen molar-refractivity contribution in [3.05, 3.63) is 33.8 Å². The van der Waals surface area contributed by atoms with Crippen molar-refractivity contribution < 1.29 is 42.9 Å².